The quantitative estimate of drug-likeness (QED) is 0.796. The van der Waals surface area contributed by atoms with Gasteiger partial charge in [0.2, 0.25) is 0 Å². The molecule has 2 rings (SSSR count). The third kappa shape index (κ3) is 3.12. The van der Waals surface area contributed by atoms with Gasteiger partial charge in [-0.05, 0) is 43.2 Å². The fourth-order valence-corrected chi connectivity index (χ4v) is 3.04. The number of nitrogens with one attached hydrogen (secondary N) is 1. The van der Waals surface area contributed by atoms with E-state index < -0.39 is 0 Å². The molecule has 2 heteroatoms. The first kappa shape index (κ1) is 12.7. The number of aromatic nitrogens is 1. The second-order valence-electron chi connectivity index (χ2n) is 5.51. The zero-order chi connectivity index (χ0) is 12.1. The lowest BCUT2D eigenvalue weighted by molar-refractivity contribution is 0.268. The van der Waals surface area contributed by atoms with Crippen LogP contribution >= 0.6 is 0 Å². The Labute approximate surface area is 105 Å². The summed E-state index contributed by atoms with van der Waals surface area (Å²) >= 11 is 0. The predicted octanol–water partition coefficient (Wildman–Crippen LogP) is 3.57. The van der Waals surface area contributed by atoms with Gasteiger partial charge in [0.25, 0.3) is 0 Å². The van der Waals surface area contributed by atoms with Gasteiger partial charge < -0.3 is 9.88 Å². The van der Waals surface area contributed by atoms with Crippen molar-refractivity contribution in [1.82, 2.24) is 9.88 Å². The molecule has 0 aromatic carbocycles. The molecule has 0 saturated heterocycles. The van der Waals surface area contributed by atoms with E-state index in [1.54, 1.807) is 0 Å². The molecule has 0 bridgehead atoms. The minimum Gasteiger partial charge on any atom is -0.354 e. The van der Waals surface area contributed by atoms with Gasteiger partial charge in [-0.3, -0.25) is 0 Å². The molecule has 1 fully saturated rings. The van der Waals surface area contributed by atoms with E-state index in [1.807, 2.05) is 0 Å². The van der Waals surface area contributed by atoms with Crippen LogP contribution in [0.15, 0.2) is 18.5 Å². The topological polar surface area (TPSA) is 17.0 Å². The molecule has 1 heterocycles. The number of hydrogen-bond acceptors (Lipinski definition) is 1. The number of hydrogen-bond donors (Lipinski definition) is 1. The van der Waals surface area contributed by atoms with Crippen LogP contribution in [0.1, 0.15) is 51.5 Å². The fraction of sp³-hybridized carbons (Fsp3) is 0.733. The lowest BCUT2D eigenvalue weighted by Crippen LogP contribution is -2.31. The van der Waals surface area contributed by atoms with E-state index in [-0.39, 0.29) is 0 Å². The summed E-state index contributed by atoms with van der Waals surface area (Å²) in [6.45, 7) is 7.82. The van der Waals surface area contributed by atoms with Gasteiger partial charge in [0.1, 0.15) is 0 Å². The number of rotatable bonds is 6. The Hall–Kier alpha value is -0.760. The highest BCUT2D eigenvalue weighted by molar-refractivity contribution is 5.09. The van der Waals surface area contributed by atoms with Crippen molar-refractivity contribution in [1.29, 1.82) is 0 Å². The maximum Gasteiger partial charge on any atom is 0.0220 e. The summed E-state index contributed by atoms with van der Waals surface area (Å²) in [6, 6.07) is 2.23. The Morgan fingerprint density at radius 3 is 2.65 bits per heavy atom. The maximum absolute atomic E-state index is 3.66. The molecular formula is C15H26N2. The van der Waals surface area contributed by atoms with Crippen molar-refractivity contribution in [2.45, 2.75) is 59.0 Å². The summed E-state index contributed by atoms with van der Waals surface area (Å²) in [5.74, 6) is 0. The minimum absolute atomic E-state index is 0.604. The third-order valence-electron chi connectivity index (χ3n) is 4.42. The second-order valence-corrected chi connectivity index (χ2v) is 5.51. The van der Waals surface area contributed by atoms with Crippen LogP contribution in [-0.2, 0) is 13.1 Å². The van der Waals surface area contributed by atoms with Crippen molar-refractivity contribution >= 4 is 0 Å². The van der Waals surface area contributed by atoms with Crippen LogP contribution < -0.4 is 5.32 Å². The van der Waals surface area contributed by atoms with Crippen molar-refractivity contribution in [2.75, 3.05) is 6.54 Å². The van der Waals surface area contributed by atoms with Crippen LogP contribution in [-0.4, -0.2) is 11.1 Å². The van der Waals surface area contributed by atoms with Crippen molar-refractivity contribution in [3.8, 4) is 0 Å². The van der Waals surface area contributed by atoms with Crippen molar-refractivity contribution in [3.63, 3.8) is 0 Å². The number of aryl methyl sites for hydroxylation is 1. The lowest BCUT2D eigenvalue weighted by Gasteiger charge is -2.27. The van der Waals surface area contributed by atoms with E-state index >= 15 is 0 Å². The zero-order valence-corrected chi connectivity index (χ0v) is 11.3. The second kappa shape index (κ2) is 5.72. The molecule has 96 valence electrons. The molecular weight excluding hydrogens is 208 g/mol. The molecule has 0 unspecified atom stereocenters. The van der Waals surface area contributed by atoms with Crippen molar-refractivity contribution in [2.24, 2.45) is 5.41 Å². The fourth-order valence-electron chi connectivity index (χ4n) is 3.04. The van der Waals surface area contributed by atoms with Crippen LogP contribution in [0.5, 0.6) is 0 Å². The first-order valence-corrected chi connectivity index (χ1v) is 7.13. The van der Waals surface area contributed by atoms with Crippen LogP contribution in [0.2, 0.25) is 0 Å². The van der Waals surface area contributed by atoms with E-state index in [9.17, 15) is 0 Å². The maximum atomic E-state index is 3.66. The number of nitrogens with zero attached hydrogens (tertiary/aromatic N) is 1. The standard InChI is InChI=1S/C15H26N2/c1-3-15(8-5-6-9-15)13-16-11-14-7-10-17(4-2)12-14/h7,10,12,16H,3-6,8-9,11,13H2,1-2H3. The summed E-state index contributed by atoms with van der Waals surface area (Å²) in [5.41, 5.74) is 2.02. The molecule has 0 radical (unpaired) electrons. The van der Waals surface area contributed by atoms with E-state index in [0.717, 1.165) is 13.1 Å². The van der Waals surface area contributed by atoms with Gasteiger partial charge >= 0.3 is 0 Å². The average molecular weight is 234 g/mol. The monoisotopic (exact) mass is 234 g/mol. The molecule has 1 aliphatic rings. The summed E-state index contributed by atoms with van der Waals surface area (Å²) < 4.78 is 2.24. The van der Waals surface area contributed by atoms with E-state index in [0.29, 0.717) is 5.41 Å². The molecule has 1 N–H and O–H groups in total. The molecule has 0 aliphatic heterocycles. The molecule has 2 nitrogen and oxygen atoms in total. The van der Waals surface area contributed by atoms with Crippen molar-refractivity contribution in [3.05, 3.63) is 24.0 Å². The van der Waals surface area contributed by atoms with E-state index in [2.05, 4.69) is 42.2 Å². The van der Waals surface area contributed by atoms with Crippen LogP contribution in [0, 0.1) is 5.41 Å². The highest BCUT2D eigenvalue weighted by atomic mass is 14.9. The third-order valence-corrected chi connectivity index (χ3v) is 4.42. The zero-order valence-electron chi connectivity index (χ0n) is 11.3. The Morgan fingerprint density at radius 1 is 1.29 bits per heavy atom. The molecule has 1 aromatic heterocycles. The van der Waals surface area contributed by atoms with Crippen LogP contribution in [0.4, 0.5) is 0 Å². The van der Waals surface area contributed by atoms with Gasteiger partial charge in [-0.25, -0.2) is 0 Å². The Morgan fingerprint density at radius 2 is 2.06 bits per heavy atom. The summed E-state index contributed by atoms with van der Waals surface area (Å²) in [5, 5.41) is 3.66. The van der Waals surface area contributed by atoms with Gasteiger partial charge in [-0.1, -0.05) is 19.8 Å². The van der Waals surface area contributed by atoms with E-state index in [1.165, 1.54) is 44.2 Å². The molecule has 1 aromatic rings. The van der Waals surface area contributed by atoms with Crippen molar-refractivity contribution < 1.29 is 0 Å². The Kier molecular flexibility index (Phi) is 4.27. The van der Waals surface area contributed by atoms with Gasteiger partial charge in [0, 0.05) is 32.0 Å². The summed E-state index contributed by atoms with van der Waals surface area (Å²) in [6.07, 6.45) is 11.5. The Bertz CT molecular complexity index is 334. The van der Waals surface area contributed by atoms with Gasteiger partial charge in [-0.2, -0.15) is 0 Å². The first-order valence-electron chi connectivity index (χ1n) is 7.13. The van der Waals surface area contributed by atoms with Gasteiger partial charge in [-0.15, -0.1) is 0 Å². The highest BCUT2D eigenvalue weighted by Gasteiger charge is 2.31. The normalized spacial score (nSPS) is 18.7. The molecule has 1 saturated carbocycles. The molecule has 17 heavy (non-hydrogen) atoms. The molecule has 1 aliphatic carbocycles. The van der Waals surface area contributed by atoms with Crippen LogP contribution in [0.25, 0.3) is 0 Å². The van der Waals surface area contributed by atoms with E-state index in [4.69, 9.17) is 0 Å². The average Bonchev–Trinajstić information content (AvgIpc) is 2.98. The first-order chi connectivity index (χ1) is 8.28. The summed E-state index contributed by atoms with van der Waals surface area (Å²) in [4.78, 5) is 0. The molecule has 0 amide bonds. The predicted molar refractivity (Wildman–Crippen MR) is 73.0 cm³/mol. The molecule has 0 atom stereocenters. The van der Waals surface area contributed by atoms with Gasteiger partial charge in [0.05, 0.1) is 0 Å². The highest BCUT2D eigenvalue weighted by Crippen LogP contribution is 2.40. The summed E-state index contributed by atoms with van der Waals surface area (Å²) in [7, 11) is 0. The lowest BCUT2D eigenvalue weighted by atomic mass is 9.83. The van der Waals surface area contributed by atoms with Crippen LogP contribution in [0.3, 0.4) is 0 Å². The largest absolute Gasteiger partial charge is 0.354 e. The smallest absolute Gasteiger partial charge is 0.0220 e. The van der Waals surface area contributed by atoms with Gasteiger partial charge in [0.15, 0.2) is 0 Å². The minimum atomic E-state index is 0.604. The Balaban J connectivity index is 1.78. The molecule has 0 spiro atoms. The SMILES string of the molecule is CCn1ccc(CNCC2(CC)CCCC2)c1.